The average Bonchev–Trinajstić information content (AvgIpc) is 2.66. The van der Waals surface area contributed by atoms with Crippen molar-refractivity contribution in [2.75, 3.05) is 5.32 Å². The quantitative estimate of drug-likeness (QED) is 0.767. The van der Waals surface area contributed by atoms with Crippen LogP contribution in [0, 0.1) is 0 Å². The molecule has 2 rings (SSSR count). The smallest absolute Gasteiger partial charge is 0.274 e. The van der Waals surface area contributed by atoms with Crippen LogP contribution in [0.25, 0.3) is 0 Å². The first-order valence-electron chi connectivity index (χ1n) is 4.56. The van der Waals surface area contributed by atoms with E-state index in [4.69, 9.17) is 4.84 Å². The van der Waals surface area contributed by atoms with E-state index in [1.807, 2.05) is 6.92 Å². The van der Waals surface area contributed by atoms with E-state index in [1.165, 1.54) is 18.6 Å². The number of nitrogens with zero attached hydrogens (tertiary/aromatic N) is 3. The average molecular weight is 206 g/mol. The SMILES string of the molecule is CC1CC(C(=O)Nc2cnccn2)=NO1. The van der Waals surface area contributed by atoms with Crippen molar-refractivity contribution in [2.24, 2.45) is 5.16 Å². The van der Waals surface area contributed by atoms with Crippen molar-refractivity contribution in [3.8, 4) is 0 Å². The van der Waals surface area contributed by atoms with Gasteiger partial charge < -0.3 is 10.2 Å². The molecule has 0 bridgehead atoms. The number of hydrogen-bond donors (Lipinski definition) is 1. The van der Waals surface area contributed by atoms with E-state index in [2.05, 4.69) is 20.4 Å². The van der Waals surface area contributed by atoms with Crippen molar-refractivity contribution < 1.29 is 9.63 Å². The Morgan fingerprint density at radius 3 is 3.07 bits per heavy atom. The van der Waals surface area contributed by atoms with Crippen LogP contribution >= 0.6 is 0 Å². The molecule has 6 nitrogen and oxygen atoms in total. The Kier molecular flexibility index (Phi) is 2.57. The van der Waals surface area contributed by atoms with Crippen molar-refractivity contribution in [1.82, 2.24) is 9.97 Å². The largest absolute Gasteiger partial charge is 0.392 e. The van der Waals surface area contributed by atoms with Crippen LogP contribution in [0.15, 0.2) is 23.7 Å². The van der Waals surface area contributed by atoms with E-state index in [1.54, 1.807) is 0 Å². The lowest BCUT2D eigenvalue weighted by molar-refractivity contribution is -0.110. The van der Waals surface area contributed by atoms with Crippen molar-refractivity contribution >= 4 is 17.4 Å². The summed E-state index contributed by atoms with van der Waals surface area (Å²) in [4.78, 5) is 24.2. The zero-order chi connectivity index (χ0) is 10.7. The van der Waals surface area contributed by atoms with Crippen molar-refractivity contribution in [3.63, 3.8) is 0 Å². The lowest BCUT2D eigenvalue weighted by Crippen LogP contribution is -2.22. The highest BCUT2D eigenvalue weighted by Crippen LogP contribution is 2.10. The number of hydrogen-bond acceptors (Lipinski definition) is 5. The Hall–Kier alpha value is -1.98. The first-order valence-corrected chi connectivity index (χ1v) is 4.56. The number of nitrogens with one attached hydrogen (secondary N) is 1. The third-order valence-electron chi connectivity index (χ3n) is 1.89. The van der Waals surface area contributed by atoms with Gasteiger partial charge in [0.2, 0.25) is 0 Å². The van der Waals surface area contributed by atoms with Gasteiger partial charge >= 0.3 is 0 Å². The second kappa shape index (κ2) is 4.04. The van der Waals surface area contributed by atoms with Crippen molar-refractivity contribution in [1.29, 1.82) is 0 Å². The third-order valence-corrected chi connectivity index (χ3v) is 1.89. The molecule has 6 heteroatoms. The molecule has 1 unspecified atom stereocenters. The normalized spacial score (nSPS) is 19.3. The maximum absolute atomic E-state index is 11.6. The predicted octanol–water partition coefficient (Wildman–Crippen LogP) is 0.580. The number of amides is 1. The summed E-state index contributed by atoms with van der Waals surface area (Å²) < 4.78 is 0. The summed E-state index contributed by atoms with van der Waals surface area (Å²) in [5.74, 6) is 0.115. The Balaban J connectivity index is 1.99. The number of anilines is 1. The van der Waals surface area contributed by atoms with Crippen LogP contribution in [0.4, 0.5) is 5.82 Å². The van der Waals surface area contributed by atoms with Crippen LogP contribution < -0.4 is 5.32 Å². The van der Waals surface area contributed by atoms with E-state index in [9.17, 15) is 4.79 Å². The Bertz CT molecular complexity index is 390. The number of carbonyl (C=O) groups is 1. The molecular formula is C9H10N4O2. The third kappa shape index (κ3) is 2.28. The molecule has 1 amide bonds. The van der Waals surface area contributed by atoms with Gasteiger partial charge in [0.1, 0.15) is 11.8 Å². The molecule has 0 radical (unpaired) electrons. The Morgan fingerprint density at radius 2 is 2.47 bits per heavy atom. The van der Waals surface area contributed by atoms with Crippen LogP contribution in [0.1, 0.15) is 13.3 Å². The van der Waals surface area contributed by atoms with Gasteiger partial charge in [-0.1, -0.05) is 5.16 Å². The minimum atomic E-state index is -0.292. The molecule has 0 aromatic carbocycles. The minimum absolute atomic E-state index is 0.0346. The van der Waals surface area contributed by atoms with E-state index >= 15 is 0 Å². The van der Waals surface area contributed by atoms with Gasteiger partial charge in [0.15, 0.2) is 5.82 Å². The van der Waals surface area contributed by atoms with Crippen LogP contribution in [-0.2, 0) is 9.63 Å². The Labute approximate surface area is 86.4 Å². The fourth-order valence-corrected chi connectivity index (χ4v) is 1.19. The molecule has 0 saturated heterocycles. The zero-order valence-electron chi connectivity index (χ0n) is 8.17. The highest BCUT2D eigenvalue weighted by molar-refractivity contribution is 6.43. The molecule has 0 saturated carbocycles. The number of rotatable bonds is 2. The van der Waals surface area contributed by atoms with Crippen LogP contribution in [0.3, 0.4) is 0 Å². The van der Waals surface area contributed by atoms with E-state index in [0.717, 1.165) is 0 Å². The van der Waals surface area contributed by atoms with Gasteiger partial charge in [-0.3, -0.25) is 9.78 Å². The molecular weight excluding hydrogens is 196 g/mol. The summed E-state index contributed by atoms with van der Waals surface area (Å²) in [5, 5.41) is 6.25. The summed E-state index contributed by atoms with van der Waals surface area (Å²) in [5.41, 5.74) is 0.383. The topological polar surface area (TPSA) is 76.5 Å². The molecule has 1 aliphatic heterocycles. The van der Waals surface area contributed by atoms with Crippen molar-refractivity contribution in [2.45, 2.75) is 19.4 Å². The second-order valence-corrected chi connectivity index (χ2v) is 3.20. The fourth-order valence-electron chi connectivity index (χ4n) is 1.19. The zero-order valence-corrected chi connectivity index (χ0v) is 8.17. The van der Waals surface area contributed by atoms with E-state index in [-0.39, 0.29) is 12.0 Å². The molecule has 1 aromatic heterocycles. The first kappa shape index (κ1) is 9.57. The minimum Gasteiger partial charge on any atom is -0.392 e. The summed E-state index contributed by atoms with van der Waals surface area (Å²) in [7, 11) is 0. The summed E-state index contributed by atoms with van der Waals surface area (Å²) in [6, 6.07) is 0. The lowest BCUT2D eigenvalue weighted by atomic mass is 10.2. The van der Waals surface area contributed by atoms with Crippen LogP contribution in [-0.4, -0.2) is 27.7 Å². The molecule has 2 heterocycles. The highest BCUT2D eigenvalue weighted by Gasteiger charge is 2.22. The van der Waals surface area contributed by atoms with Gasteiger partial charge in [-0.15, -0.1) is 0 Å². The van der Waals surface area contributed by atoms with Crippen molar-refractivity contribution in [3.05, 3.63) is 18.6 Å². The van der Waals surface area contributed by atoms with Gasteiger partial charge in [-0.05, 0) is 6.92 Å². The molecule has 0 aliphatic carbocycles. The highest BCUT2D eigenvalue weighted by atomic mass is 16.6. The molecule has 1 aliphatic rings. The van der Waals surface area contributed by atoms with Gasteiger partial charge in [0, 0.05) is 18.8 Å². The molecule has 1 aromatic rings. The van der Waals surface area contributed by atoms with Crippen LogP contribution in [0.5, 0.6) is 0 Å². The summed E-state index contributed by atoms with van der Waals surface area (Å²) >= 11 is 0. The van der Waals surface area contributed by atoms with Gasteiger partial charge in [0.25, 0.3) is 5.91 Å². The van der Waals surface area contributed by atoms with Gasteiger partial charge in [0.05, 0.1) is 6.20 Å². The van der Waals surface area contributed by atoms with Gasteiger partial charge in [-0.25, -0.2) is 4.98 Å². The number of aromatic nitrogens is 2. The number of carbonyl (C=O) groups excluding carboxylic acids is 1. The molecule has 78 valence electrons. The van der Waals surface area contributed by atoms with E-state index in [0.29, 0.717) is 18.0 Å². The van der Waals surface area contributed by atoms with E-state index < -0.39 is 0 Å². The number of oxime groups is 1. The standard InChI is InChI=1S/C9H10N4O2/c1-6-4-7(13-15-6)9(14)12-8-5-10-2-3-11-8/h2-3,5-6H,4H2,1H3,(H,11,12,14). The molecule has 1 N–H and O–H groups in total. The maximum Gasteiger partial charge on any atom is 0.274 e. The fraction of sp³-hybridized carbons (Fsp3) is 0.333. The lowest BCUT2D eigenvalue weighted by Gasteiger charge is -2.01. The maximum atomic E-state index is 11.6. The summed E-state index contributed by atoms with van der Waals surface area (Å²) in [6.07, 6.45) is 5.00. The molecule has 15 heavy (non-hydrogen) atoms. The molecule has 1 atom stereocenters. The first-order chi connectivity index (χ1) is 7.25. The molecule has 0 spiro atoms. The Morgan fingerprint density at radius 1 is 1.60 bits per heavy atom. The molecule has 0 fully saturated rings. The monoisotopic (exact) mass is 206 g/mol. The predicted molar refractivity (Wildman–Crippen MR) is 53.3 cm³/mol. The summed E-state index contributed by atoms with van der Waals surface area (Å²) in [6.45, 7) is 1.85. The second-order valence-electron chi connectivity index (χ2n) is 3.20. The van der Waals surface area contributed by atoms with Gasteiger partial charge in [-0.2, -0.15) is 0 Å². The van der Waals surface area contributed by atoms with Crippen LogP contribution in [0.2, 0.25) is 0 Å².